The van der Waals surface area contributed by atoms with Crippen LogP contribution in [-0.2, 0) is 9.53 Å². The summed E-state index contributed by atoms with van der Waals surface area (Å²) >= 11 is 0. The molecule has 1 saturated heterocycles. The van der Waals surface area contributed by atoms with Gasteiger partial charge in [-0.1, -0.05) is 12.1 Å². The SMILES string of the molecule is CC(C)N1C(=O)CO[C@H](c2ccc(NC(=O)c3cnccn3)cc2)[C@H]1CO. The van der Waals surface area contributed by atoms with Crippen LogP contribution in [0.4, 0.5) is 5.69 Å². The average Bonchev–Trinajstić information content (AvgIpc) is 2.68. The van der Waals surface area contributed by atoms with Crippen molar-refractivity contribution in [3.05, 3.63) is 54.1 Å². The minimum atomic E-state index is -0.453. The van der Waals surface area contributed by atoms with E-state index in [0.717, 1.165) is 5.56 Å². The molecular weight excluding hydrogens is 348 g/mol. The van der Waals surface area contributed by atoms with Gasteiger partial charge in [-0.25, -0.2) is 4.98 Å². The molecule has 1 aliphatic rings. The van der Waals surface area contributed by atoms with Gasteiger partial charge in [0.2, 0.25) is 5.91 Å². The van der Waals surface area contributed by atoms with Crippen molar-refractivity contribution in [2.24, 2.45) is 0 Å². The number of benzene rings is 1. The van der Waals surface area contributed by atoms with Gasteiger partial charge in [-0.3, -0.25) is 14.6 Å². The quantitative estimate of drug-likeness (QED) is 0.824. The van der Waals surface area contributed by atoms with Crippen LogP contribution in [0, 0.1) is 0 Å². The maximum atomic E-state index is 12.1. The molecule has 1 fully saturated rings. The van der Waals surface area contributed by atoms with Gasteiger partial charge in [-0.2, -0.15) is 0 Å². The summed E-state index contributed by atoms with van der Waals surface area (Å²) in [6.45, 7) is 3.60. The number of ether oxygens (including phenoxy) is 1. The van der Waals surface area contributed by atoms with Crippen molar-refractivity contribution in [1.82, 2.24) is 14.9 Å². The highest BCUT2D eigenvalue weighted by Gasteiger charge is 2.38. The lowest BCUT2D eigenvalue weighted by Crippen LogP contribution is -2.55. The molecule has 3 rings (SSSR count). The van der Waals surface area contributed by atoms with Crippen molar-refractivity contribution in [3.8, 4) is 0 Å². The predicted molar refractivity (Wildman–Crippen MR) is 98.0 cm³/mol. The van der Waals surface area contributed by atoms with E-state index in [1.54, 1.807) is 17.0 Å². The van der Waals surface area contributed by atoms with Crippen LogP contribution in [0.1, 0.15) is 36.0 Å². The first-order chi connectivity index (χ1) is 13.0. The monoisotopic (exact) mass is 370 g/mol. The van der Waals surface area contributed by atoms with Crippen molar-refractivity contribution < 1.29 is 19.4 Å². The molecule has 1 aromatic carbocycles. The first-order valence-electron chi connectivity index (χ1n) is 8.72. The lowest BCUT2D eigenvalue weighted by molar-refractivity contribution is -0.164. The van der Waals surface area contributed by atoms with Crippen molar-refractivity contribution in [2.75, 3.05) is 18.5 Å². The minimum absolute atomic E-state index is 0.0233. The summed E-state index contributed by atoms with van der Waals surface area (Å²) in [6.07, 6.45) is 3.91. The highest BCUT2D eigenvalue weighted by Crippen LogP contribution is 2.31. The van der Waals surface area contributed by atoms with E-state index in [4.69, 9.17) is 4.74 Å². The lowest BCUT2D eigenvalue weighted by Gasteiger charge is -2.42. The lowest BCUT2D eigenvalue weighted by atomic mass is 9.98. The molecule has 0 spiro atoms. The van der Waals surface area contributed by atoms with Gasteiger partial charge in [0.1, 0.15) is 18.4 Å². The molecule has 0 radical (unpaired) electrons. The van der Waals surface area contributed by atoms with Gasteiger partial charge in [0.25, 0.3) is 5.91 Å². The molecule has 2 heterocycles. The highest BCUT2D eigenvalue weighted by atomic mass is 16.5. The molecule has 27 heavy (non-hydrogen) atoms. The Labute approximate surface area is 157 Å². The number of aromatic nitrogens is 2. The van der Waals surface area contributed by atoms with E-state index in [1.165, 1.54) is 18.6 Å². The molecule has 0 saturated carbocycles. The van der Waals surface area contributed by atoms with Crippen LogP contribution in [0.5, 0.6) is 0 Å². The second-order valence-electron chi connectivity index (χ2n) is 6.54. The number of carbonyl (C=O) groups excluding carboxylic acids is 2. The van der Waals surface area contributed by atoms with Crippen LogP contribution in [0.2, 0.25) is 0 Å². The standard InChI is InChI=1S/C19H22N4O4/c1-12(2)23-16(10-24)18(27-11-17(23)25)13-3-5-14(6-4-13)22-19(26)15-9-20-7-8-21-15/h3-9,12,16,18,24H,10-11H2,1-2H3,(H,22,26)/t16-,18-/m1/s1. The molecule has 1 aliphatic heterocycles. The highest BCUT2D eigenvalue weighted by molar-refractivity contribution is 6.02. The van der Waals surface area contributed by atoms with Crippen LogP contribution >= 0.6 is 0 Å². The van der Waals surface area contributed by atoms with E-state index in [0.29, 0.717) is 5.69 Å². The van der Waals surface area contributed by atoms with Gasteiger partial charge in [0, 0.05) is 24.1 Å². The van der Waals surface area contributed by atoms with Crippen molar-refractivity contribution in [1.29, 1.82) is 0 Å². The zero-order valence-corrected chi connectivity index (χ0v) is 15.2. The number of morpholine rings is 1. The fourth-order valence-electron chi connectivity index (χ4n) is 3.22. The predicted octanol–water partition coefficient (Wildman–Crippen LogP) is 1.40. The molecule has 2 N–H and O–H groups in total. The van der Waals surface area contributed by atoms with E-state index in [2.05, 4.69) is 15.3 Å². The fraction of sp³-hybridized carbons (Fsp3) is 0.368. The number of hydrogen-bond donors (Lipinski definition) is 2. The molecule has 2 atom stereocenters. The number of hydrogen-bond acceptors (Lipinski definition) is 6. The van der Waals surface area contributed by atoms with E-state index in [-0.39, 0.29) is 36.8 Å². The Morgan fingerprint density at radius 1 is 1.33 bits per heavy atom. The molecular formula is C19H22N4O4. The Morgan fingerprint density at radius 2 is 2.07 bits per heavy atom. The summed E-state index contributed by atoms with van der Waals surface area (Å²) in [5.41, 5.74) is 1.65. The number of rotatable bonds is 5. The van der Waals surface area contributed by atoms with E-state index < -0.39 is 12.1 Å². The van der Waals surface area contributed by atoms with E-state index in [1.807, 2.05) is 26.0 Å². The maximum absolute atomic E-state index is 12.1. The molecule has 0 bridgehead atoms. The molecule has 2 aromatic rings. The van der Waals surface area contributed by atoms with Gasteiger partial charge in [-0.15, -0.1) is 0 Å². The number of aliphatic hydroxyl groups is 1. The van der Waals surface area contributed by atoms with Gasteiger partial charge < -0.3 is 20.1 Å². The van der Waals surface area contributed by atoms with Crippen LogP contribution in [-0.4, -0.2) is 57.1 Å². The Balaban J connectivity index is 1.74. The molecule has 0 unspecified atom stereocenters. The summed E-state index contributed by atoms with van der Waals surface area (Å²) in [5, 5.41) is 12.6. The Hall–Kier alpha value is -2.84. The largest absolute Gasteiger partial charge is 0.394 e. The summed E-state index contributed by atoms with van der Waals surface area (Å²) in [6, 6.07) is 6.63. The normalized spacial score (nSPS) is 20.0. The van der Waals surface area contributed by atoms with Gasteiger partial charge in [0.15, 0.2) is 0 Å². The topological polar surface area (TPSA) is 105 Å². The molecule has 142 valence electrons. The molecule has 2 amide bonds. The minimum Gasteiger partial charge on any atom is -0.394 e. The number of amides is 2. The number of nitrogens with zero attached hydrogens (tertiary/aromatic N) is 3. The Morgan fingerprint density at radius 3 is 2.67 bits per heavy atom. The van der Waals surface area contributed by atoms with E-state index >= 15 is 0 Å². The third-order valence-electron chi connectivity index (χ3n) is 4.42. The zero-order chi connectivity index (χ0) is 19.4. The van der Waals surface area contributed by atoms with Gasteiger partial charge >= 0.3 is 0 Å². The number of anilines is 1. The van der Waals surface area contributed by atoms with Crippen LogP contribution in [0.3, 0.4) is 0 Å². The molecule has 0 aliphatic carbocycles. The smallest absolute Gasteiger partial charge is 0.275 e. The number of nitrogens with one attached hydrogen (secondary N) is 1. The van der Waals surface area contributed by atoms with Crippen LogP contribution in [0.25, 0.3) is 0 Å². The van der Waals surface area contributed by atoms with Gasteiger partial charge in [0.05, 0.1) is 18.8 Å². The summed E-state index contributed by atoms with van der Waals surface area (Å²) in [5.74, 6) is -0.484. The Kier molecular flexibility index (Phi) is 5.78. The van der Waals surface area contributed by atoms with Crippen molar-refractivity contribution in [2.45, 2.75) is 32.0 Å². The molecule has 1 aromatic heterocycles. The van der Waals surface area contributed by atoms with Crippen LogP contribution < -0.4 is 5.32 Å². The third kappa shape index (κ3) is 4.12. The van der Waals surface area contributed by atoms with Gasteiger partial charge in [-0.05, 0) is 31.5 Å². The first kappa shape index (κ1) is 18.9. The first-order valence-corrected chi connectivity index (χ1v) is 8.72. The fourth-order valence-corrected chi connectivity index (χ4v) is 3.22. The molecule has 8 nitrogen and oxygen atoms in total. The summed E-state index contributed by atoms with van der Waals surface area (Å²) in [7, 11) is 0. The maximum Gasteiger partial charge on any atom is 0.275 e. The summed E-state index contributed by atoms with van der Waals surface area (Å²) < 4.78 is 5.69. The Bertz CT molecular complexity index is 795. The zero-order valence-electron chi connectivity index (χ0n) is 15.2. The second-order valence-corrected chi connectivity index (χ2v) is 6.54. The van der Waals surface area contributed by atoms with E-state index in [9.17, 15) is 14.7 Å². The molecule has 8 heteroatoms. The third-order valence-corrected chi connectivity index (χ3v) is 4.42. The van der Waals surface area contributed by atoms with Crippen molar-refractivity contribution in [3.63, 3.8) is 0 Å². The average molecular weight is 370 g/mol. The summed E-state index contributed by atoms with van der Waals surface area (Å²) in [4.78, 5) is 33.8. The number of carbonyl (C=O) groups is 2. The van der Waals surface area contributed by atoms with Crippen molar-refractivity contribution >= 4 is 17.5 Å². The van der Waals surface area contributed by atoms with Crippen LogP contribution in [0.15, 0.2) is 42.9 Å². The second kappa shape index (κ2) is 8.24. The number of aliphatic hydroxyl groups excluding tert-OH is 1.